The topological polar surface area (TPSA) is 51.8 Å². The van der Waals surface area contributed by atoms with Crippen LogP contribution < -0.4 is 5.73 Å². The van der Waals surface area contributed by atoms with E-state index in [1.807, 2.05) is 0 Å². The first-order chi connectivity index (χ1) is 8.16. The van der Waals surface area contributed by atoms with Crippen LogP contribution in [0.4, 0.5) is 4.39 Å². The first-order valence-electron chi connectivity index (χ1n) is 5.13. The van der Waals surface area contributed by atoms with Gasteiger partial charge in [0, 0.05) is 17.4 Å². The van der Waals surface area contributed by atoms with E-state index in [9.17, 15) is 4.39 Å². The van der Waals surface area contributed by atoms with Crippen molar-refractivity contribution in [1.29, 1.82) is 0 Å². The number of benzene rings is 1. The normalized spacial score (nSPS) is 12.4. The molecule has 2 rings (SSSR count). The van der Waals surface area contributed by atoms with E-state index in [2.05, 4.69) is 9.97 Å². The third kappa shape index (κ3) is 2.99. The van der Waals surface area contributed by atoms with Gasteiger partial charge in [-0.25, -0.2) is 14.4 Å². The molecule has 0 saturated carbocycles. The maximum absolute atomic E-state index is 13.1. The number of halogens is 2. The van der Waals surface area contributed by atoms with E-state index in [-0.39, 0.29) is 5.82 Å². The average molecular weight is 252 g/mol. The average Bonchev–Trinajstić information content (AvgIpc) is 2.35. The second kappa shape index (κ2) is 5.21. The van der Waals surface area contributed by atoms with Gasteiger partial charge in [-0.05, 0) is 36.2 Å². The molecule has 1 atom stereocenters. The SMILES string of the molecule is NC(Cc1cc(F)ccc1Cl)c1ncccn1. The van der Waals surface area contributed by atoms with Crippen molar-refractivity contribution in [3.05, 3.63) is 58.9 Å². The van der Waals surface area contributed by atoms with Crippen molar-refractivity contribution in [2.24, 2.45) is 5.73 Å². The number of nitrogens with two attached hydrogens (primary N) is 1. The predicted octanol–water partition coefficient (Wildman–Crippen LogP) is 2.51. The molecule has 0 bridgehead atoms. The summed E-state index contributed by atoms with van der Waals surface area (Å²) < 4.78 is 13.1. The molecule has 0 aliphatic heterocycles. The minimum absolute atomic E-state index is 0.328. The Bertz CT molecular complexity index is 504. The first kappa shape index (κ1) is 12.0. The zero-order chi connectivity index (χ0) is 12.3. The molecule has 0 amide bonds. The Kier molecular flexibility index (Phi) is 3.66. The molecular formula is C12H11ClFN3. The van der Waals surface area contributed by atoms with E-state index in [0.717, 1.165) is 0 Å². The van der Waals surface area contributed by atoms with Crippen molar-refractivity contribution in [2.75, 3.05) is 0 Å². The number of nitrogens with zero attached hydrogens (tertiary/aromatic N) is 2. The molecule has 3 nitrogen and oxygen atoms in total. The Labute approximate surface area is 103 Å². The predicted molar refractivity (Wildman–Crippen MR) is 64.1 cm³/mol. The standard InChI is InChI=1S/C12H11ClFN3/c13-10-3-2-9(14)6-8(10)7-11(15)12-16-4-1-5-17-12/h1-6,11H,7,15H2. The fraction of sp³-hybridized carbons (Fsp3) is 0.167. The summed E-state index contributed by atoms with van der Waals surface area (Å²) in [4.78, 5) is 8.11. The molecule has 0 aliphatic carbocycles. The molecule has 17 heavy (non-hydrogen) atoms. The van der Waals surface area contributed by atoms with Crippen LogP contribution in [-0.2, 0) is 6.42 Å². The Balaban J connectivity index is 2.18. The molecule has 88 valence electrons. The monoisotopic (exact) mass is 251 g/mol. The minimum Gasteiger partial charge on any atom is -0.321 e. The molecule has 0 radical (unpaired) electrons. The van der Waals surface area contributed by atoms with Gasteiger partial charge < -0.3 is 5.73 Å². The van der Waals surface area contributed by atoms with Gasteiger partial charge >= 0.3 is 0 Å². The summed E-state index contributed by atoms with van der Waals surface area (Å²) in [6.07, 6.45) is 3.64. The van der Waals surface area contributed by atoms with Gasteiger partial charge in [-0.1, -0.05) is 11.6 Å². The maximum atomic E-state index is 13.1. The van der Waals surface area contributed by atoms with Crippen molar-refractivity contribution < 1.29 is 4.39 Å². The van der Waals surface area contributed by atoms with Crippen LogP contribution in [0.15, 0.2) is 36.7 Å². The molecule has 2 aromatic rings. The van der Waals surface area contributed by atoms with Crippen LogP contribution in [0.5, 0.6) is 0 Å². The highest BCUT2D eigenvalue weighted by atomic mass is 35.5. The third-order valence-electron chi connectivity index (χ3n) is 2.36. The molecule has 0 saturated heterocycles. The number of hydrogen-bond acceptors (Lipinski definition) is 3. The lowest BCUT2D eigenvalue weighted by molar-refractivity contribution is 0.618. The van der Waals surface area contributed by atoms with E-state index in [1.54, 1.807) is 18.5 Å². The Morgan fingerprint density at radius 3 is 2.71 bits per heavy atom. The van der Waals surface area contributed by atoms with E-state index >= 15 is 0 Å². The van der Waals surface area contributed by atoms with Crippen LogP contribution in [0.1, 0.15) is 17.4 Å². The van der Waals surface area contributed by atoms with Gasteiger partial charge in [-0.2, -0.15) is 0 Å². The molecule has 1 heterocycles. The summed E-state index contributed by atoms with van der Waals surface area (Å²) in [5.74, 6) is 0.193. The van der Waals surface area contributed by atoms with Crippen LogP contribution in [0.3, 0.4) is 0 Å². The maximum Gasteiger partial charge on any atom is 0.145 e. The van der Waals surface area contributed by atoms with Crippen LogP contribution in [0, 0.1) is 5.82 Å². The molecule has 1 unspecified atom stereocenters. The van der Waals surface area contributed by atoms with Gasteiger partial charge in [0.15, 0.2) is 0 Å². The smallest absolute Gasteiger partial charge is 0.145 e. The molecular weight excluding hydrogens is 241 g/mol. The van der Waals surface area contributed by atoms with Crippen molar-refractivity contribution in [3.8, 4) is 0 Å². The highest BCUT2D eigenvalue weighted by molar-refractivity contribution is 6.31. The van der Waals surface area contributed by atoms with Crippen molar-refractivity contribution in [2.45, 2.75) is 12.5 Å². The van der Waals surface area contributed by atoms with Crippen LogP contribution in [0.2, 0.25) is 5.02 Å². The first-order valence-corrected chi connectivity index (χ1v) is 5.51. The lowest BCUT2D eigenvalue weighted by Crippen LogP contribution is -2.16. The van der Waals surface area contributed by atoms with E-state index < -0.39 is 6.04 Å². The van der Waals surface area contributed by atoms with E-state index in [0.29, 0.717) is 22.8 Å². The van der Waals surface area contributed by atoms with Crippen LogP contribution in [-0.4, -0.2) is 9.97 Å². The van der Waals surface area contributed by atoms with Crippen LogP contribution >= 0.6 is 11.6 Å². The Morgan fingerprint density at radius 2 is 2.00 bits per heavy atom. The zero-order valence-corrected chi connectivity index (χ0v) is 9.73. The fourth-order valence-electron chi connectivity index (χ4n) is 1.53. The summed E-state index contributed by atoms with van der Waals surface area (Å²) in [6, 6.07) is 5.54. The quantitative estimate of drug-likeness (QED) is 0.912. The third-order valence-corrected chi connectivity index (χ3v) is 2.73. The number of rotatable bonds is 3. The fourth-order valence-corrected chi connectivity index (χ4v) is 1.72. The van der Waals surface area contributed by atoms with Gasteiger partial charge in [-0.15, -0.1) is 0 Å². The van der Waals surface area contributed by atoms with Crippen LogP contribution in [0.25, 0.3) is 0 Å². The summed E-state index contributed by atoms with van der Waals surface area (Å²) >= 11 is 5.96. The summed E-state index contributed by atoms with van der Waals surface area (Å²) in [7, 11) is 0. The van der Waals surface area contributed by atoms with E-state index in [4.69, 9.17) is 17.3 Å². The van der Waals surface area contributed by atoms with Gasteiger partial charge in [0.25, 0.3) is 0 Å². The number of hydrogen-bond donors (Lipinski definition) is 1. The Hall–Kier alpha value is -1.52. The second-order valence-electron chi connectivity index (χ2n) is 3.65. The lowest BCUT2D eigenvalue weighted by atomic mass is 10.1. The summed E-state index contributed by atoms with van der Waals surface area (Å²) in [5, 5.41) is 0.498. The lowest BCUT2D eigenvalue weighted by Gasteiger charge is -2.11. The van der Waals surface area contributed by atoms with E-state index in [1.165, 1.54) is 18.2 Å². The molecule has 2 N–H and O–H groups in total. The highest BCUT2D eigenvalue weighted by Crippen LogP contribution is 2.21. The summed E-state index contributed by atoms with van der Waals surface area (Å²) in [5.41, 5.74) is 6.60. The molecule has 0 aliphatic rings. The molecule has 1 aromatic carbocycles. The Morgan fingerprint density at radius 1 is 1.29 bits per heavy atom. The zero-order valence-electron chi connectivity index (χ0n) is 8.98. The van der Waals surface area contributed by atoms with Gasteiger partial charge in [0.05, 0.1) is 6.04 Å². The van der Waals surface area contributed by atoms with Crippen molar-refractivity contribution >= 4 is 11.6 Å². The van der Waals surface area contributed by atoms with Gasteiger partial charge in [0.2, 0.25) is 0 Å². The number of aromatic nitrogens is 2. The molecule has 0 fully saturated rings. The second-order valence-corrected chi connectivity index (χ2v) is 4.06. The van der Waals surface area contributed by atoms with Gasteiger partial charge in [-0.3, -0.25) is 0 Å². The van der Waals surface area contributed by atoms with Crippen molar-refractivity contribution in [3.63, 3.8) is 0 Å². The molecule has 5 heteroatoms. The minimum atomic E-state index is -0.393. The molecule has 0 spiro atoms. The highest BCUT2D eigenvalue weighted by Gasteiger charge is 2.12. The summed E-state index contributed by atoms with van der Waals surface area (Å²) in [6.45, 7) is 0. The molecule has 1 aromatic heterocycles. The van der Waals surface area contributed by atoms with Crippen molar-refractivity contribution in [1.82, 2.24) is 9.97 Å². The van der Waals surface area contributed by atoms with Gasteiger partial charge in [0.1, 0.15) is 11.6 Å². The largest absolute Gasteiger partial charge is 0.321 e.